The van der Waals surface area contributed by atoms with Gasteiger partial charge in [-0.25, -0.2) is 4.79 Å². The number of anilines is 1. The Balaban J connectivity index is 1.40. The highest BCUT2D eigenvalue weighted by Gasteiger charge is 2.51. The van der Waals surface area contributed by atoms with Crippen LogP contribution in [0.4, 0.5) is 10.5 Å². The topological polar surface area (TPSA) is 84.2 Å². The van der Waals surface area contributed by atoms with Crippen molar-refractivity contribution in [1.82, 2.24) is 10.6 Å². The van der Waals surface area contributed by atoms with E-state index in [9.17, 15) is 9.59 Å². The summed E-state index contributed by atoms with van der Waals surface area (Å²) in [6.45, 7) is 0. The fourth-order valence-electron chi connectivity index (χ4n) is 5.35. The number of amides is 3. The molecule has 0 saturated heterocycles. The first kappa shape index (κ1) is 14.5. The van der Waals surface area contributed by atoms with Crippen LogP contribution in [0.25, 0.3) is 0 Å². The van der Waals surface area contributed by atoms with Gasteiger partial charge in [-0.1, -0.05) is 0 Å². The van der Waals surface area contributed by atoms with Gasteiger partial charge in [-0.3, -0.25) is 10.1 Å². The Morgan fingerprint density at radius 3 is 2.00 bits per heavy atom. The van der Waals surface area contributed by atoms with Crippen molar-refractivity contribution < 1.29 is 9.59 Å². The minimum absolute atomic E-state index is 0.0831. The molecular weight excluding hydrogens is 290 g/mol. The molecule has 0 spiro atoms. The molecule has 0 aliphatic heterocycles. The number of benzene rings is 1. The SMILES string of the molecule is Nc1ccc(C(=O)NC(=O)NC23CC4CC(CC(C4)C2)C3)cc1. The van der Waals surface area contributed by atoms with E-state index < -0.39 is 0 Å². The van der Waals surface area contributed by atoms with Crippen LogP contribution < -0.4 is 16.4 Å². The van der Waals surface area contributed by atoms with Crippen LogP contribution in [0, 0.1) is 17.8 Å². The highest BCUT2D eigenvalue weighted by Crippen LogP contribution is 2.55. The zero-order chi connectivity index (χ0) is 16.0. The molecule has 4 fully saturated rings. The Labute approximate surface area is 136 Å². The van der Waals surface area contributed by atoms with Crippen LogP contribution in [0.15, 0.2) is 24.3 Å². The van der Waals surface area contributed by atoms with Crippen molar-refractivity contribution in [2.75, 3.05) is 5.73 Å². The van der Waals surface area contributed by atoms with Gasteiger partial charge in [0.15, 0.2) is 0 Å². The van der Waals surface area contributed by atoms with E-state index in [2.05, 4.69) is 10.6 Å². The second-order valence-corrected chi connectivity index (χ2v) is 7.73. The zero-order valence-electron chi connectivity index (χ0n) is 13.2. The molecule has 0 unspecified atom stereocenters. The van der Waals surface area contributed by atoms with Gasteiger partial charge in [-0.05, 0) is 80.5 Å². The van der Waals surface area contributed by atoms with E-state index in [4.69, 9.17) is 5.73 Å². The number of carbonyl (C=O) groups excluding carboxylic acids is 2. The predicted molar refractivity (Wildman–Crippen MR) is 87.8 cm³/mol. The summed E-state index contributed by atoms with van der Waals surface area (Å²) in [7, 11) is 0. The van der Waals surface area contributed by atoms with Crippen molar-refractivity contribution in [3.05, 3.63) is 29.8 Å². The molecule has 5 nitrogen and oxygen atoms in total. The number of hydrogen-bond donors (Lipinski definition) is 3. The molecule has 5 rings (SSSR count). The highest BCUT2D eigenvalue weighted by atomic mass is 16.2. The average Bonchev–Trinajstić information content (AvgIpc) is 2.45. The van der Waals surface area contributed by atoms with E-state index in [-0.39, 0.29) is 17.5 Å². The normalized spacial score (nSPS) is 34.2. The van der Waals surface area contributed by atoms with Crippen LogP contribution in [0.1, 0.15) is 48.9 Å². The van der Waals surface area contributed by atoms with Crippen molar-refractivity contribution in [1.29, 1.82) is 0 Å². The number of rotatable bonds is 2. The van der Waals surface area contributed by atoms with Crippen LogP contribution in [0.5, 0.6) is 0 Å². The highest BCUT2D eigenvalue weighted by molar-refractivity contribution is 6.04. The summed E-state index contributed by atoms with van der Waals surface area (Å²) in [4.78, 5) is 24.4. The molecule has 4 bridgehead atoms. The zero-order valence-corrected chi connectivity index (χ0v) is 13.2. The van der Waals surface area contributed by atoms with Gasteiger partial charge in [0.2, 0.25) is 0 Å². The van der Waals surface area contributed by atoms with Crippen molar-refractivity contribution in [3.8, 4) is 0 Å². The van der Waals surface area contributed by atoms with Gasteiger partial charge < -0.3 is 11.1 Å². The van der Waals surface area contributed by atoms with Crippen LogP contribution in [0.3, 0.4) is 0 Å². The lowest BCUT2D eigenvalue weighted by molar-refractivity contribution is -0.0134. The Morgan fingerprint density at radius 2 is 1.48 bits per heavy atom. The standard InChI is InChI=1S/C18H23N3O2/c19-15-3-1-14(2-4-15)16(22)20-17(23)21-18-8-11-5-12(9-18)7-13(6-11)10-18/h1-4,11-13H,5-10,19H2,(H2,20,21,22,23). The smallest absolute Gasteiger partial charge is 0.322 e. The molecule has 4 N–H and O–H groups in total. The van der Waals surface area contributed by atoms with E-state index in [1.165, 1.54) is 19.3 Å². The molecule has 4 saturated carbocycles. The van der Waals surface area contributed by atoms with Crippen molar-refractivity contribution in [2.24, 2.45) is 17.8 Å². The Morgan fingerprint density at radius 1 is 0.957 bits per heavy atom. The van der Waals surface area contributed by atoms with Gasteiger partial charge in [0.25, 0.3) is 5.91 Å². The number of nitrogens with one attached hydrogen (secondary N) is 2. The molecule has 3 amide bonds. The molecule has 0 radical (unpaired) electrons. The van der Waals surface area contributed by atoms with Gasteiger partial charge >= 0.3 is 6.03 Å². The van der Waals surface area contributed by atoms with Gasteiger partial charge in [0.05, 0.1) is 0 Å². The first-order chi connectivity index (χ1) is 11.0. The predicted octanol–water partition coefficient (Wildman–Crippen LogP) is 2.68. The Hall–Kier alpha value is -2.04. The van der Waals surface area contributed by atoms with Crippen LogP contribution in [-0.4, -0.2) is 17.5 Å². The van der Waals surface area contributed by atoms with Crippen LogP contribution in [0.2, 0.25) is 0 Å². The minimum Gasteiger partial charge on any atom is -0.399 e. The summed E-state index contributed by atoms with van der Waals surface area (Å²) in [6.07, 6.45) is 7.19. The number of hydrogen-bond acceptors (Lipinski definition) is 3. The molecule has 5 heteroatoms. The van der Waals surface area contributed by atoms with Gasteiger partial charge in [0, 0.05) is 16.8 Å². The van der Waals surface area contributed by atoms with E-state index in [1.54, 1.807) is 24.3 Å². The van der Waals surface area contributed by atoms with Crippen molar-refractivity contribution >= 4 is 17.6 Å². The van der Waals surface area contributed by atoms with Crippen LogP contribution >= 0.6 is 0 Å². The second kappa shape index (κ2) is 5.25. The molecule has 4 aliphatic carbocycles. The number of carbonyl (C=O) groups is 2. The summed E-state index contributed by atoms with van der Waals surface area (Å²) < 4.78 is 0. The second-order valence-electron chi connectivity index (χ2n) is 7.73. The maximum atomic E-state index is 12.3. The maximum Gasteiger partial charge on any atom is 0.322 e. The summed E-state index contributed by atoms with van der Waals surface area (Å²) >= 11 is 0. The molecule has 1 aromatic rings. The molecule has 4 aliphatic rings. The summed E-state index contributed by atoms with van der Waals surface area (Å²) in [5, 5.41) is 5.60. The minimum atomic E-state index is -0.382. The first-order valence-electron chi connectivity index (χ1n) is 8.50. The fraction of sp³-hybridized carbons (Fsp3) is 0.556. The molecule has 122 valence electrons. The summed E-state index contributed by atoms with van der Waals surface area (Å²) in [5.41, 5.74) is 6.57. The monoisotopic (exact) mass is 313 g/mol. The molecule has 0 aromatic heterocycles. The lowest BCUT2D eigenvalue weighted by Crippen LogP contribution is -2.61. The largest absolute Gasteiger partial charge is 0.399 e. The number of nitrogens with two attached hydrogens (primary N) is 1. The average molecular weight is 313 g/mol. The molecular formula is C18H23N3O2. The Bertz CT molecular complexity index is 603. The third kappa shape index (κ3) is 2.80. The van der Waals surface area contributed by atoms with E-state index >= 15 is 0 Å². The third-order valence-electron chi connectivity index (χ3n) is 5.82. The van der Waals surface area contributed by atoms with Gasteiger partial charge in [-0.2, -0.15) is 0 Å². The van der Waals surface area contributed by atoms with E-state index in [0.29, 0.717) is 11.3 Å². The first-order valence-corrected chi connectivity index (χ1v) is 8.50. The summed E-state index contributed by atoms with van der Waals surface area (Å²) in [5.74, 6) is 1.89. The quantitative estimate of drug-likeness (QED) is 0.734. The van der Waals surface area contributed by atoms with Crippen molar-refractivity contribution in [2.45, 2.75) is 44.1 Å². The lowest BCUT2D eigenvalue weighted by atomic mass is 9.53. The van der Waals surface area contributed by atoms with Gasteiger partial charge in [-0.15, -0.1) is 0 Å². The maximum absolute atomic E-state index is 12.3. The molecule has 0 heterocycles. The molecule has 23 heavy (non-hydrogen) atoms. The molecule has 0 atom stereocenters. The van der Waals surface area contributed by atoms with Crippen LogP contribution in [-0.2, 0) is 0 Å². The Kier molecular flexibility index (Phi) is 3.32. The third-order valence-corrected chi connectivity index (χ3v) is 5.82. The van der Waals surface area contributed by atoms with Gasteiger partial charge in [0.1, 0.15) is 0 Å². The van der Waals surface area contributed by atoms with Crippen molar-refractivity contribution in [3.63, 3.8) is 0 Å². The molecule has 1 aromatic carbocycles. The van der Waals surface area contributed by atoms with E-state index in [1.807, 2.05) is 0 Å². The number of nitrogen functional groups attached to an aromatic ring is 1. The lowest BCUT2D eigenvalue weighted by Gasteiger charge is -2.56. The fourth-order valence-corrected chi connectivity index (χ4v) is 5.35. The summed E-state index contributed by atoms with van der Waals surface area (Å²) in [6, 6.07) is 6.21. The number of urea groups is 1. The number of imide groups is 1. The van der Waals surface area contributed by atoms with E-state index in [0.717, 1.165) is 37.0 Å².